The Bertz CT molecular complexity index is 781. The molecule has 0 aliphatic carbocycles. The van der Waals surface area contributed by atoms with Gasteiger partial charge in [-0.15, -0.1) is 0 Å². The topological polar surface area (TPSA) is 57.5 Å². The van der Waals surface area contributed by atoms with E-state index in [0.717, 1.165) is 15.6 Å². The van der Waals surface area contributed by atoms with E-state index in [2.05, 4.69) is 15.9 Å². The van der Waals surface area contributed by atoms with Gasteiger partial charge in [0.25, 0.3) is 0 Å². The predicted octanol–water partition coefficient (Wildman–Crippen LogP) is 2.47. The molecular formula is C15H14BrNO4. The van der Waals surface area contributed by atoms with Gasteiger partial charge in [0.2, 0.25) is 5.43 Å². The maximum Gasteiger partial charge on any atom is 0.343 e. The summed E-state index contributed by atoms with van der Waals surface area (Å²) in [5, 5.41) is 0.510. The van der Waals surface area contributed by atoms with Crippen LogP contribution < -0.4 is 5.43 Å². The van der Waals surface area contributed by atoms with Crippen LogP contribution >= 0.6 is 15.9 Å². The first-order chi connectivity index (χ1) is 10.1. The van der Waals surface area contributed by atoms with Crippen LogP contribution in [0.1, 0.15) is 22.8 Å². The highest BCUT2D eigenvalue weighted by atomic mass is 79.9. The number of carbonyl (C=O) groups is 1. The molecule has 1 aromatic heterocycles. The van der Waals surface area contributed by atoms with Crippen LogP contribution in [0.3, 0.4) is 0 Å². The fraction of sp³-hybridized carbons (Fsp3) is 0.333. The Morgan fingerprint density at radius 1 is 1.48 bits per heavy atom. The number of halogens is 1. The van der Waals surface area contributed by atoms with Crippen molar-refractivity contribution < 1.29 is 14.3 Å². The number of benzene rings is 1. The third-order valence-corrected chi connectivity index (χ3v) is 3.90. The van der Waals surface area contributed by atoms with Crippen molar-refractivity contribution in [1.82, 2.24) is 4.57 Å². The molecule has 0 radical (unpaired) electrons. The molecule has 21 heavy (non-hydrogen) atoms. The molecule has 0 bridgehead atoms. The highest BCUT2D eigenvalue weighted by Crippen LogP contribution is 2.25. The summed E-state index contributed by atoms with van der Waals surface area (Å²) in [7, 11) is 0. The summed E-state index contributed by atoms with van der Waals surface area (Å²) in [6.45, 7) is 3.54. The molecule has 2 aromatic rings. The molecule has 0 amide bonds. The van der Waals surface area contributed by atoms with E-state index in [1.807, 2.05) is 10.6 Å². The maximum atomic E-state index is 12.6. The molecule has 1 aromatic carbocycles. The molecule has 6 heteroatoms. The molecule has 5 nitrogen and oxygen atoms in total. The number of rotatable bonds is 2. The fourth-order valence-electron chi connectivity index (χ4n) is 2.58. The van der Waals surface area contributed by atoms with E-state index in [1.165, 1.54) is 0 Å². The van der Waals surface area contributed by atoms with Crippen LogP contribution in [0.2, 0.25) is 0 Å². The molecule has 0 spiro atoms. The predicted molar refractivity (Wildman–Crippen MR) is 81.5 cm³/mol. The van der Waals surface area contributed by atoms with E-state index in [1.54, 1.807) is 19.2 Å². The Kier molecular flexibility index (Phi) is 3.82. The summed E-state index contributed by atoms with van der Waals surface area (Å²) in [6.07, 6.45) is 1.58. The van der Waals surface area contributed by atoms with Gasteiger partial charge in [-0.2, -0.15) is 0 Å². The normalized spacial score (nSPS) is 14.0. The Hall–Kier alpha value is -1.66. The fourth-order valence-corrected chi connectivity index (χ4v) is 3.08. The van der Waals surface area contributed by atoms with Crippen LogP contribution in [0.15, 0.2) is 27.6 Å². The summed E-state index contributed by atoms with van der Waals surface area (Å²) in [5.74, 6) is -0.583. The Morgan fingerprint density at radius 2 is 2.29 bits per heavy atom. The van der Waals surface area contributed by atoms with Crippen molar-refractivity contribution in [3.63, 3.8) is 0 Å². The molecule has 0 N–H and O–H groups in total. The van der Waals surface area contributed by atoms with Crippen molar-refractivity contribution in [3.05, 3.63) is 44.2 Å². The van der Waals surface area contributed by atoms with Crippen LogP contribution in [-0.4, -0.2) is 23.8 Å². The number of esters is 1. The van der Waals surface area contributed by atoms with Gasteiger partial charge in [-0.05, 0) is 19.1 Å². The second-order valence-corrected chi connectivity index (χ2v) is 5.72. The van der Waals surface area contributed by atoms with Crippen molar-refractivity contribution in [1.29, 1.82) is 0 Å². The second-order valence-electron chi connectivity index (χ2n) is 4.80. The van der Waals surface area contributed by atoms with E-state index in [0.29, 0.717) is 25.1 Å². The molecule has 110 valence electrons. The molecule has 0 unspecified atom stereocenters. The van der Waals surface area contributed by atoms with Crippen molar-refractivity contribution >= 4 is 32.8 Å². The first-order valence-corrected chi connectivity index (χ1v) is 7.51. The number of pyridine rings is 1. The Balaban J connectivity index is 2.34. The van der Waals surface area contributed by atoms with Gasteiger partial charge in [-0.3, -0.25) is 4.79 Å². The zero-order valence-electron chi connectivity index (χ0n) is 11.5. The van der Waals surface area contributed by atoms with Crippen molar-refractivity contribution in [3.8, 4) is 0 Å². The van der Waals surface area contributed by atoms with Gasteiger partial charge in [0.15, 0.2) is 0 Å². The van der Waals surface area contributed by atoms with E-state index >= 15 is 0 Å². The van der Waals surface area contributed by atoms with E-state index in [4.69, 9.17) is 9.47 Å². The molecule has 1 aliphatic heterocycles. The standard InChI is InChI=1S/C15H14BrNO4/c1-2-21-15(19)12-7-17-3-4-20-8-9-5-10(16)6-11(13(9)17)14(12)18/h5-7H,2-4,8H2,1H3. The zero-order valence-corrected chi connectivity index (χ0v) is 13.1. The Morgan fingerprint density at radius 3 is 3.05 bits per heavy atom. The largest absolute Gasteiger partial charge is 0.462 e. The van der Waals surface area contributed by atoms with Gasteiger partial charge in [-0.1, -0.05) is 15.9 Å². The van der Waals surface area contributed by atoms with Gasteiger partial charge in [0, 0.05) is 28.2 Å². The van der Waals surface area contributed by atoms with Crippen LogP contribution in [0.4, 0.5) is 0 Å². The van der Waals surface area contributed by atoms with Crippen LogP contribution in [0, 0.1) is 0 Å². The highest BCUT2D eigenvalue weighted by molar-refractivity contribution is 9.10. The lowest BCUT2D eigenvalue weighted by molar-refractivity contribution is 0.0524. The first-order valence-electron chi connectivity index (χ1n) is 6.72. The first kappa shape index (κ1) is 14.3. The number of hydrogen-bond acceptors (Lipinski definition) is 4. The number of carbonyl (C=O) groups excluding carboxylic acids is 1. The quantitative estimate of drug-likeness (QED) is 0.780. The molecule has 3 rings (SSSR count). The van der Waals surface area contributed by atoms with Crippen molar-refractivity contribution in [2.24, 2.45) is 0 Å². The highest BCUT2D eigenvalue weighted by Gasteiger charge is 2.20. The smallest absolute Gasteiger partial charge is 0.343 e. The molecule has 0 saturated heterocycles. The molecular weight excluding hydrogens is 338 g/mol. The van der Waals surface area contributed by atoms with Crippen LogP contribution in [0.5, 0.6) is 0 Å². The lowest BCUT2D eigenvalue weighted by Gasteiger charge is -2.12. The van der Waals surface area contributed by atoms with E-state index < -0.39 is 5.97 Å². The summed E-state index contributed by atoms with van der Waals surface area (Å²) in [5.41, 5.74) is 1.53. The summed E-state index contributed by atoms with van der Waals surface area (Å²) in [4.78, 5) is 24.6. The third kappa shape index (κ3) is 2.49. The van der Waals surface area contributed by atoms with Crippen molar-refractivity contribution in [2.75, 3.05) is 13.2 Å². The van der Waals surface area contributed by atoms with Gasteiger partial charge in [0.1, 0.15) is 5.56 Å². The lowest BCUT2D eigenvalue weighted by atomic mass is 10.1. The molecule has 0 fully saturated rings. The molecule has 0 atom stereocenters. The van der Waals surface area contributed by atoms with Crippen LogP contribution in [0.25, 0.3) is 10.9 Å². The second kappa shape index (κ2) is 5.61. The van der Waals surface area contributed by atoms with Crippen molar-refractivity contribution in [2.45, 2.75) is 20.1 Å². The monoisotopic (exact) mass is 351 g/mol. The summed E-state index contributed by atoms with van der Waals surface area (Å²) < 4.78 is 13.2. The minimum atomic E-state index is -0.583. The van der Waals surface area contributed by atoms with Crippen LogP contribution in [-0.2, 0) is 22.6 Å². The van der Waals surface area contributed by atoms with Gasteiger partial charge in [0.05, 0.1) is 25.3 Å². The number of ether oxygens (including phenoxy) is 2. The Labute approximate surface area is 129 Å². The number of hydrogen-bond donors (Lipinski definition) is 0. The third-order valence-electron chi connectivity index (χ3n) is 3.44. The average Bonchev–Trinajstić information content (AvgIpc) is 2.65. The lowest BCUT2D eigenvalue weighted by Crippen LogP contribution is -2.21. The van der Waals surface area contributed by atoms with E-state index in [-0.39, 0.29) is 17.6 Å². The number of aromatic nitrogens is 1. The van der Waals surface area contributed by atoms with Gasteiger partial charge in [-0.25, -0.2) is 4.79 Å². The zero-order chi connectivity index (χ0) is 15.0. The molecule has 0 saturated carbocycles. The summed E-state index contributed by atoms with van der Waals surface area (Å²) >= 11 is 3.40. The SMILES string of the molecule is CCOC(=O)c1cn2c3c(cc(Br)cc3c1=O)COCC2. The van der Waals surface area contributed by atoms with E-state index in [9.17, 15) is 9.59 Å². The minimum absolute atomic E-state index is 0.0651. The average molecular weight is 352 g/mol. The summed E-state index contributed by atoms with van der Waals surface area (Å²) in [6, 6.07) is 3.68. The van der Waals surface area contributed by atoms with Gasteiger partial charge < -0.3 is 14.0 Å². The number of nitrogens with zero attached hydrogens (tertiary/aromatic N) is 1. The minimum Gasteiger partial charge on any atom is -0.462 e. The maximum absolute atomic E-state index is 12.6. The molecule has 1 aliphatic rings. The molecule has 2 heterocycles. The van der Waals surface area contributed by atoms with Gasteiger partial charge >= 0.3 is 5.97 Å².